The second-order valence-corrected chi connectivity index (χ2v) is 10.6. The van der Waals surface area contributed by atoms with Crippen LogP contribution in [0.1, 0.15) is 72.3 Å². The second kappa shape index (κ2) is 19.5. The number of allylic oxidation sites excluding steroid dienone is 1. The number of aliphatic imine (C=N–C) groups is 2. The van der Waals surface area contributed by atoms with Gasteiger partial charge in [-0.3, -0.25) is 9.79 Å². The number of amides is 1. The number of piperazine rings is 1. The van der Waals surface area contributed by atoms with Crippen molar-refractivity contribution in [3.63, 3.8) is 0 Å². The summed E-state index contributed by atoms with van der Waals surface area (Å²) >= 11 is 0. The Labute approximate surface area is 271 Å². The van der Waals surface area contributed by atoms with Gasteiger partial charge in [-0.1, -0.05) is 52.8 Å². The quantitative estimate of drug-likeness (QED) is 0.0777. The number of carbonyl (C=O) groups is 1. The van der Waals surface area contributed by atoms with Crippen LogP contribution in [0.5, 0.6) is 0 Å². The fraction of sp³-hybridized carbons (Fsp3) is 0.528. The molecule has 45 heavy (non-hydrogen) atoms. The number of aliphatic hydroxyl groups is 1. The van der Waals surface area contributed by atoms with E-state index in [2.05, 4.69) is 69.9 Å². The Hall–Kier alpha value is -3.87. The molecule has 0 radical (unpaired) electrons. The number of benzene rings is 1. The molecule has 1 saturated carbocycles. The lowest BCUT2D eigenvalue weighted by molar-refractivity contribution is -0.116. The molecule has 1 saturated heterocycles. The normalized spacial score (nSPS) is 20.9. The van der Waals surface area contributed by atoms with Crippen molar-refractivity contribution in [1.29, 1.82) is 0 Å². The van der Waals surface area contributed by atoms with Gasteiger partial charge in [0.25, 0.3) is 5.91 Å². The predicted octanol–water partition coefficient (Wildman–Crippen LogP) is 5.10. The van der Waals surface area contributed by atoms with Gasteiger partial charge in [-0.05, 0) is 55.5 Å². The second-order valence-electron chi connectivity index (χ2n) is 10.6. The molecule has 1 aromatic rings. The van der Waals surface area contributed by atoms with Gasteiger partial charge in [0.1, 0.15) is 24.3 Å². The van der Waals surface area contributed by atoms with Gasteiger partial charge in [0, 0.05) is 56.9 Å². The highest BCUT2D eigenvalue weighted by atomic mass is 16.3. The number of fused-ring (bicyclic) bond motifs is 1. The van der Waals surface area contributed by atoms with Gasteiger partial charge < -0.3 is 31.3 Å². The Bertz CT molecular complexity index is 1280. The van der Waals surface area contributed by atoms with Crippen LogP contribution in [-0.2, 0) is 4.79 Å². The van der Waals surface area contributed by atoms with Gasteiger partial charge in [0.2, 0.25) is 0 Å². The lowest BCUT2D eigenvalue weighted by Gasteiger charge is -2.31. The van der Waals surface area contributed by atoms with Crippen molar-refractivity contribution in [2.45, 2.75) is 85.4 Å². The van der Waals surface area contributed by atoms with Gasteiger partial charge in [-0.15, -0.1) is 18.9 Å². The van der Waals surface area contributed by atoms with Crippen LogP contribution in [0, 0.1) is 19.3 Å². The van der Waals surface area contributed by atoms with Crippen molar-refractivity contribution in [1.82, 2.24) is 16.0 Å². The molecule has 246 valence electrons. The number of nitrogens with zero attached hydrogens (tertiary/aromatic N) is 3. The molecule has 1 aliphatic carbocycles. The number of terminal acetylenes is 1. The summed E-state index contributed by atoms with van der Waals surface area (Å²) in [6.07, 6.45) is 13.6. The number of rotatable bonds is 11. The van der Waals surface area contributed by atoms with E-state index in [0.29, 0.717) is 37.2 Å². The average Bonchev–Trinajstić information content (AvgIpc) is 3.42. The molecule has 5 N–H and O–H groups in total. The summed E-state index contributed by atoms with van der Waals surface area (Å²) < 4.78 is 0. The van der Waals surface area contributed by atoms with Crippen molar-refractivity contribution < 1.29 is 9.90 Å². The fourth-order valence-electron chi connectivity index (χ4n) is 5.50. The standard InChI is InChI=1S/C32H43N7O2.2C2H6/c1-5-8-9-26(31(40)34-16-6-2)30(38-28-13-10-24-14-15-32(41,7-3)29(24)37-28)36-22-35-25-11-12-27(23(4)21-25)39-19-17-33-18-20-39;2*1-2/h1,6,9-12,21,28,33,35,41H,2,7-8,13-20,22H2,3-4H3,(H,34,40)(H,36,38);2*1-2H3/b26-9+;;. The smallest absolute Gasteiger partial charge is 0.254 e. The van der Waals surface area contributed by atoms with Gasteiger partial charge in [-0.25, -0.2) is 4.99 Å². The summed E-state index contributed by atoms with van der Waals surface area (Å²) in [6, 6.07) is 6.33. The van der Waals surface area contributed by atoms with Crippen LogP contribution in [0.15, 0.2) is 64.1 Å². The number of dihydropyridines is 1. The first-order chi connectivity index (χ1) is 21.9. The van der Waals surface area contributed by atoms with E-state index >= 15 is 0 Å². The molecule has 9 heteroatoms. The number of aryl methyl sites for hydroxylation is 1. The van der Waals surface area contributed by atoms with E-state index in [1.807, 2.05) is 34.6 Å². The monoisotopic (exact) mass is 617 g/mol. The Morgan fingerprint density at radius 2 is 2.02 bits per heavy atom. The number of amidine groups is 1. The number of hydrogen-bond donors (Lipinski definition) is 5. The highest BCUT2D eigenvalue weighted by Gasteiger charge is 2.41. The molecular weight excluding hydrogens is 562 g/mol. The maximum absolute atomic E-state index is 13.2. The number of carbonyl (C=O) groups excluding carboxylic acids is 1. The summed E-state index contributed by atoms with van der Waals surface area (Å²) in [5, 5.41) is 24.1. The van der Waals surface area contributed by atoms with Crippen LogP contribution in [0.2, 0.25) is 0 Å². The summed E-state index contributed by atoms with van der Waals surface area (Å²) in [5.74, 6) is 2.68. The van der Waals surface area contributed by atoms with Crippen LogP contribution in [0.4, 0.5) is 11.4 Å². The molecular formula is C36H55N7O2. The van der Waals surface area contributed by atoms with Crippen LogP contribution in [-0.4, -0.2) is 73.7 Å². The Morgan fingerprint density at radius 3 is 2.67 bits per heavy atom. The molecule has 4 rings (SSSR count). The lowest BCUT2D eigenvalue weighted by Crippen LogP contribution is -2.43. The van der Waals surface area contributed by atoms with Crippen molar-refractivity contribution in [2.75, 3.05) is 49.6 Å². The van der Waals surface area contributed by atoms with E-state index in [4.69, 9.17) is 16.4 Å². The SMILES string of the molecule is C#CC/C=C(C(=O)NCC=C)\C(=N/CNc1ccc(N2CCNCC2)c(C)c1)NC1CC=C2CCC(O)(CC)C2=N1.CC.CC. The molecule has 2 atom stereocenters. The Kier molecular flexibility index (Phi) is 16.2. The van der Waals surface area contributed by atoms with Gasteiger partial charge in [-0.2, -0.15) is 0 Å². The third-order valence-corrected chi connectivity index (χ3v) is 7.82. The highest BCUT2D eigenvalue weighted by Crippen LogP contribution is 2.36. The fourth-order valence-corrected chi connectivity index (χ4v) is 5.50. The predicted molar refractivity (Wildman–Crippen MR) is 191 cm³/mol. The zero-order valence-electron chi connectivity index (χ0n) is 28.3. The van der Waals surface area contributed by atoms with Crippen LogP contribution >= 0.6 is 0 Å². The zero-order valence-corrected chi connectivity index (χ0v) is 28.3. The minimum Gasteiger partial charge on any atom is -0.384 e. The van der Waals surface area contributed by atoms with E-state index in [9.17, 15) is 9.90 Å². The summed E-state index contributed by atoms with van der Waals surface area (Å²) in [6.45, 7) is 20.3. The molecule has 0 aromatic heterocycles. The van der Waals surface area contributed by atoms with Crippen molar-refractivity contribution in [2.24, 2.45) is 9.98 Å². The summed E-state index contributed by atoms with van der Waals surface area (Å²) in [4.78, 5) is 25.2. The Morgan fingerprint density at radius 1 is 1.29 bits per heavy atom. The molecule has 2 fully saturated rings. The van der Waals surface area contributed by atoms with E-state index < -0.39 is 5.60 Å². The molecule has 2 heterocycles. The van der Waals surface area contributed by atoms with Crippen LogP contribution in [0.25, 0.3) is 0 Å². The van der Waals surface area contributed by atoms with Gasteiger partial charge in [0.15, 0.2) is 0 Å². The van der Waals surface area contributed by atoms with Gasteiger partial charge >= 0.3 is 0 Å². The minimum absolute atomic E-state index is 0.236. The molecule has 0 bridgehead atoms. The zero-order chi connectivity index (χ0) is 33.2. The van der Waals surface area contributed by atoms with E-state index in [1.165, 1.54) is 11.3 Å². The largest absolute Gasteiger partial charge is 0.384 e. The molecule has 3 aliphatic rings. The van der Waals surface area contributed by atoms with Gasteiger partial charge in [0.05, 0.1) is 11.3 Å². The van der Waals surface area contributed by atoms with E-state index in [1.54, 1.807) is 12.2 Å². The number of hydrogen-bond acceptors (Lipinski definition) is 7. The maximum atomic E-state index is 13.2. The van der Waals surface area contributed by atoms with Crippen molar-refractivity contribution in [3.8, 4) is 12.3 Å². The molecule has 1 aromatic carbocycles. The van der Waals surface area contributed by atoms with Crippen LogP contribution < -0.4 is 26.2 Å². The molecule has 0 spiro atoms. The van der Waals surface area contributed by atoms with Crippen molar-refractivity contribution >= 4 is 28.8 Å². The van der Waals surface area contributed by atoms with Crippen molar-refractivity contribution in [3.05, 3.63) is 59.7 Å². The summed E-state index contributed by atoms with van der Waals surface area (Å²) in [7, 11) is 0. The Balaban J connectivity index is 0.00000169. The highest BCUT2D eigenvalue weighted by molar-refractivity contribution is 6.21. The summed E-state index contributed by atoms with van der Waals surface area (Å²) in [5.41, 5.74) is 4.67. The lowest BCUT2D eigenvalue weighted by atomic mass is 9.94. The molecule has 1 amide bonds. The number of anilines is 2. The third-order valence-electron chi connectivity index (χ3n) is 7.82. The van der Waals surface area contributed by atoms with E-state index in [-0.39, 0.29) is 25.2 Å². The third kappa shape index (κ3) is 10.3. The van der Waals surface area contributed by atoms with Crippen LogP contribution in [0.3, 0.4) is 0 Å². The molecule has 9 nitrogen and oxygen atoms in total. The van der Waals surface area contributed by atoms with E-state index in [0.717, 1.165) is 49.6 Å². The number of nitrogens with one attached hydrogen (secondary N) is 4. The molecule has 2 aliphatic heterocycles. The maximum Gasteiger partial charge on any atom is 0.254 e. The first-order valence-corrected chi connectivity index (χ1v) is 16.5. The topological polar surface area (TPSA) is 113 Å². The first-order valence-electron chi connectivity index (χ1n) is 16.5. The average molecular weight is 618 g/mol. The minimum atomic E-state index is -0.913. The first kappa shape index (κ1) is 37.3. The molecule has 2 unspecified atom stereocenters.